The Labute approximate surface area is 186 Å². The zero-order valence-electron chi connectivity index (χ0n) is 18.8. The van der Waals surface area contributed by atoms with Gasteiger partial charge in [-0.25, -0.2) is 0 Å². The molecular formula is C29H33NO. The van der Waals surface area contributed by atoms with E-state index in [0.29, 0.717) is 0 Å². The van der Waals surface area contributed by atoms with Gasteiger partial charge < -0.3 is 9.64 Å². The molecule has 2 bridgehead atoms. The fraction of sp³-hybridized carbons (Fsp3) is 0.379. The Morgan fingerprint density at radius 2 is 1.81 bits per heavy atom. The molecule has 0 saturated heterocycles. The highest BCUT2D eigenvalue weighted by molar-refractivity contribution is 5.88. The van der Waals surface area contributed by atoms with E-state index in [2.05, 4.69) is 85.5 Å². The molecule has 2 aromatic carbocycles. The summed E-state index contributed by atoms with van der Waals surface area (Å²) >= 11 is 0. The molecule has 0 radical (unpaired) electrons. The normalized spacial score (nSPS) is 21.6. The third kappa shape index (κ3) is 4.14. The third-order valence-electron chi connectivity index (χ3n) is 7.26. The van der Waals surface area contributed by atoms with Crippen molar-refractivity contribution in [3.8, 4) is 5.75 Å². The van der Waals surface area contributed by atoms with Crippen molar-refractivity contribution in [3.05, 3.63) is 94.6 Å². The summed E-state index contributed by atoms with van der Waals surface area (Å²) in [5.74, 6) is 1.83. The smallest absolute Gasteiger partial charge is 0.149 e. The number of fused-ring (bicyclic) bond motifs is 3. The molecule has 3 aliphatic carbocycles. The highest BCUT2D eigenvalue weighted by atomic mass is 16.5. The minimum Gasteiger partial charge on any atom is -0.481 e. The lowest BCUT2D eigenvalue weighted by Crippen LogP contribution is -2.31. The van der Waals surface area contributed by atoms with E-state index >= 15 is 0 Å². The second-order valence-electron chi connectivity index (χ2n) is 9.07. The Morgan fingerprint density at radius 1 is 0.968 bits per heavy atom. The average Bonchev–Trinajstić information content (AvgIpc) is 2.83. The van der Waals surface area contributed by atoms with Gasteiger partial charge in [-0.1, -0.05) is 62.4 Å². The maximum Gasteiger partial charge on any atom is 0.149 e. The molecule has 0 aliphatic heterocycles. The number of benzene rings is 2. The highest BCUT2D eigenvalue weighted by Gasteiger charge is 2.34. The van der Waals surface area contributed by atoms with Crippen LogP contribution in [0.25, 0.3) is 5.57 Å². The van der Waals surface area contributed by atoms with Crippen LogP contribution in [0.15, 0.2) is 77.9 Å². The molecule has 0 aromatic heterocycles. The highest BCUT2D eigenvalue weighted by Crippen LogP contribution is 2.43. The molecule has 160 valence electrons. The van der Waals surface area contributed by atoms with Crippen molar-refractivity contribution in [1.82, 2.24) is 4.90 Å². The molecule has 0 heterocycles. The van der Waals surface area contributed by atoms with Crippen LogP contribution in [-0.2, 0) is 12.8 Å². The van der Waals surface area contributed by atoms with Gasteiger partial charge in [0.2, 0.25) is 0 Å². The van der Waals surface area contributed by atoms with E-state index in [1.807, 2.05) is 0 Å². The number of nitrogens with zero attached hydrogens (tertiary/aromatic N) is 1. The Balaban J connectivity index is 1.23. The van der Waals surface area contributed by atoms with Gasteiger partial charge in [-0.2, -0.15) is 0 Å². The third-order valence-corrected chi connectivity index (χ3v) is 7.26. The van der Waals surface area contributed by atoms with E-state index in [1.165, 1.54) is 65.6 Å². The predicted octanol–water partition coefficient (Wildman–Crippen LogP) is 6.23. The number of hydrogen-bond acceptors (Lipinski definition) is 2. The van der Waals surface area contributed by atoms with Crippen molar-refractivity contribution in [2.75, 3.05) is 19.6 Å². The summed E-state index contributed by atoms with van der Waals surface area (Å²) in [6.07, 6.45) is 11.8. The first kappa shape index (κ1) is 20.3. The van der Waals surface area contributed by atoms with E-state index < -0.39 is 0 Å². The zero-order valence-corrected chi connectivity index (χ0v) is 18.8. The molecule has 3 aliphatic rings. The van der Waals surface area contributed by atoms with Crippen LogP contribution < -0.4 is 4.74 Å². The Kier molecular flexibility index (Phi) is 5.82. The van der Waals surface area contributed by atoms with Crippen LogP contribution in [0, 0.1) is 5.92 Å². The summed E-state index contributed by atoms with van der Waals surface area (Å²) in [6, 6.07) is 17.4. The van der Waals surface area contributed by atoms with Gasteiger partial charge in [0.1, 0.15) is 11.9 Å². The number of rotatable bonds is 8. The number of hydrogen-bond donors (Lipinski definition) is 0. The lowest BCUT2D eigenvalue weighted by atomic mass is 9.77. The van der Waals surface area contributed by atoms with Gasteiger partial charge in [0, 0.05) is 5.57 Å². The summed E-state index contributed by atoms with van der Waals surface area (Å²) in [5, 5.41) is 0. The zero-order chi connectivity index (χ0) is 21.2. The number of aryl methyl sites for hydroxylation is 1. The van der Waals surface area contributed by atoms with Gasteiger partial charge >= 0.3 is 0 Å². The molecule has 2 unspecified atom stereocenters. The summed E-state index contributed by atoms with van der Waals surface area (Å²) < 4.78 is 6.49. The number of allylic oxidation sites excluding steroid dienone is 2. The van der Waals surface area contributed by atoms with Crippen LogP contribution >= 0.6 is 0 Å². The maximum atomic E-state index is 6.49. The predicted molar refractivity (Wildman–Crippen MR) is 129 cm³/mol. The quantitative estimate of drug-likeness (QED) is 0.510. The molecule has 0 spiro atoms. The first-order chi connectivity index (χ1) is 15.2. The van der Waals surface area contributed by atoms with Gasteiger partial charge in [0.05, 0.1) is 0 Å². The minimum atomic E-state index is 0.0728. The molecule has 31 heavy (non-hydrogen) atoms. The molecule has 0 saturated carbocycles. The van der Waals surface area contributed by atoms with Crippen molar-refractivity contribution >= 4 is 5.57 Å². The Hall–Kier alpha value is -2.58. The van der Waals surface area contributed by atoms with Crippen molar-refractivity contribution in [2.24, 2.45) is 5.92 Å². The number of ether oxygens (including phenoxy) is 1. The SMILES string of the molecule is CCN(CC)CCC1CCc2cc(OC3c4ccc(-c5ccccc5)c3c4)ccc2C1. The first-order valence-electron chi connectivity index (χ1n) is 11.9. The van der Waals surface area contributed by atoms with E-state index in [1.54, 1.807) is 0 Å². The lowest BCUT2D eigenvalue weighted by molar-refractivity contribution is 0.263. The molecule has 2 atom stereocenters. The van der Waals surface area contributed by atoms with E-state index in [4.69, 9.17) is 4.74 Å². The molecule has 2 heteroatoms. The Bertz CT molecular complexity index is 1020. The lowest BCUT2D eigenvalue weighted by Gasteiger charge is -2.35. The molecule has 0 N–H and O–H groups in total. The second-order valence-corrected chi connectivity index (χ2v) is 9.07. The van der Waals surface area contributed by atoms with Crippen molar-refractivity contribution in [3.63, 3.8) is 0 Å². The van der Waals surface area contributed by atoms with Gasteiger partial charge in [-0.3, -0.25) is 0 Å². The molecule has 0 amide bonds. The van der Waals surface area contributed by atoms with Crippen molar-refractivity contribution in [2.45, 2.75) is 45.6 Å². The molecule has 2 nitrogen and oxygen atoms in total. The fourth-order valence-electron chi connectivity index (χ4n) is 5.22. The minimum absolute atomic E-state index is 0.0728. The summed E-state index contributed by atoms with van der Waals surface area (Å²) in [6.45, 7) is 8.09. The van der Waals surface area contributed by atoms with E-state index in [-0.39, 0.29) is 6.10 Å². The fourth-order valence-corrected chi connectivity index (χ4v) is 5.22. The van der Waals surface area contributed by atoms with Crippen LogP contribution in [0.5, 0.6) is 5.75 Å². The van der Waals surface area contributed by atoms with Gasteiger partial charge in [-0.05, 0) is 97.3 Å². The first-order valence-corrected chi connectivity index (χ1v) is 11.9. The average molecular weight is 412 g/mol. The van der Waals surface area contributed by atoms with Crippen LogP contribution in [0.3, 0.4) is 0 Å². The summed E-state index contributed by atoms with van der Waals surface area (Å²) in [7, 11) is 0. The van der Waals surface area contributed by atoms with Crippen LogP contribution in [0.4, 0.5) is 0 Å². The summed E-state index contributed by atoms with van der Waals surface area (Å²) in [5.41, 5.74) is 8.15. The monoisotopic (exact) mass is 411 g/mol. The largest absolute Gasteiger partial charge is 0.481 e. The van der Waals surface area contributed by atoms with Gasteiger partial charge in [0.15, 0.2) is 0 Å². The summed E-state index contributed by atoms with van der Waals surface area (Å²) in [4.78, 5) is 2.55. The van der Waals surface area contributed by atoms with E-state index in [0.717, 1.165) is 24.8 Å². The van der Waals surface area contributed by atoms with Crippen molar-refractivity contribution in [1.29, 1.82) is 0 Å². The van der Waals surface area contributed by atoms with E-state index in [9.17, 15) is 0 Å². The van der Waals surface area contributed by atoms with Crippen LogP contribution in [-0.4, -0.2) is 30.6 Å². The molecule has 0 fully saturated rings. The Morgan fingerprint density at radius 3 is 2.58 bits per heavy atom. The molecule has 2 aromatic rings. The van der Waals surface area contributed by atoms with Crippen molar-refractivity contribution < 1.29 is 4.74 Å². The van der Waals surface area contributed by atoms with Gasteiger partial charge in [-0.15, -0.1) is 0 Å². The molecule has 5 rings (SSSR count). The standard InChI is InChI=1S/C29H33NO/c1-3-30(4-2)17-16-21-10-11-24-19-26(14-12-23(24)18-21)31-29-25-13-15-27(28(29)20-25)22-8-6-5-7-9-22/h5-9,12-15,19-21,29H,3-4,10-11,16-18H2,1-2H3. The second kappa shape index (κ2) is 8.88. The maximum absolute atomic E-state index is 6.49. The molecular weight excluding hydrogens is 378 g/mol. The van der Waals surface area contributed by atoms with Gasteiger partial charge in [0.25, 0.3) is 0 Å². The van der Waals surface area contributed by atoms with Crippen LogP contribution in [0.2, 0.25) is 0 Å². The topological polar surface area (TPSA) is 12.5 Å². The van der Waals surface area contributed by atoms with Crippen LogP contribution in [0.1, 0.15) is 43.4 Å².